The smallest absolute Gasteiger partial charge is 0.319 e. The number of carbonyl (C=O) groups is 2. The predicted molar refractivity (Wildman–Crippen MR) is 112 cm³/mol. The number of furan rings is 1. The summed E-state index contributed by atoms with van der Waals surface area (Å²) in [6, 6.07) is 10.6. The van der Waals surface area contributed by atoms with Gasteiger partial charge in [-0.2, -0.15) is 0 Å². The molecule has 1 fully saturated rings. The molecule has 29 heavy (non-hydrogen) atoms. The molecule has 1 saturated heterocycles. The van der Waals surface area contributed by atoms with Crippen molar-refractivity contribution in [2.45, 2.75) is 19.8 Å². The first kappa shape index (κ1) is 20.5. The highest BCUT2D eigenvalue weighted by Crippen LogP contribution is 2.18. The van der Waals surface area contributed by atoms with Crippen molar-refractivity contribution in [3.63, 3.8) is 0 Å². The van der Waals surface area contributed by atoms with Gasteiger partial charge in [0, 0.05) is 31.4 Å². The number of nitrogens with zero attached hydrogens (tertiary/aromatic N) is 1. The van der Waals surface area contributed by atoms with Gasteiger partial charge in [-0.05, 0) is 68.2 Å². The summed E-state index contributed by atoms with van der Waals surface area (Å²) in [6.45, 7) is 4.51. The average Bonchev–Trinajstić information content (AvgIpc) is 3.26. The highest BCUT2D eigenvalue weighted by molar-refractivity contribution is 5.91. The number of nitrogens with one attached hydrogen (secondary N) is 2. The van der Waals surface area contributed by atoms with Crippen molar-refractivity contribution in [2.24, 2.45) is 5.92 Å². The lowest BCUT2D eigenvalue weighted by Gasteiger charge is -2.31. The maximum absolute atomic E-state index is 12.2. The van der Waals surface area contributed by atoms with E-state index in [1.165, 1.54) is 0 Å². The molecule has 154 valence electrons. The molecule has 7 nitrogen and oxygen atoms in total. The number of hydrogen-bond donors (Lipinski definition) is 2. The molecule has 2 aromatic rings. The van der Waals surface area contributed by atoms with E-state index in [0.717, 1.165) is 24.3 Å². The fourth-order valence-corrected chi connectivity index (χ4v) is 3.22. The van der Waals surface area contributed by atoms with Crippen molar-refractivity contribution in [1.82, 2.24) is 10.2 Å². The summed E-state index contributed by atoms with van der Waals surface area (Å²) in [5.74, 6) is 1.79. The fourth-order valence-electron chi connectivity index (χ4n) is 3.22. The van der Waals surface area contributed by atoms with Crippen LogP contribution in [0.1, 0.15) is 25.5 Å². The Hall–Kier alpha value is -3.22. The summed E-state index contributed by atoms with van der Waals surface area (Å²) < 4.78 is 10.6. The number of anilines is 1. The lowest BCUT2D eigenvalue weighted by Crippen LogP contribution is -2.41. The van der Waals surface area contributed by atoms with Gasteiger partial charge in [-0.15, -0.1) is 0 Å². The Kier molecular flexibility index (Phi) is 7.33. The number of carbonyl (C=O) groups excluding carboxylic acids is 2. The molecule has 0 saturated carbocycles. The minimum atomic E-state index is -0.228. The van der Waals surface area contributed by atoms with Crippen molar-refractivity contribution in [1.29, 1.82) is 0 Å². The van der Waals surface area contributed by atoms with Crippen molar-refractivity contribution in [3.8, 4) is 5.75 Å². The molecule has 3 amide bonds. The van der Waals surface area contributed by atoms with E-state index in [9.17, 15) is 9.59 Å². The number of benzene rings is 1. The van der Waals surface area contributed by atoms with E-state index in [1.54, 1.807) is 30.5 Å². The first-order valence-corrected chi connectivity index (χ1v) is 9.92. The van der Waals surface area contributed by atoms with Crippen LogP contribution in [0, 0.1) is 5.92 Å². The Morgan fingerprint density at radius 1 is 1.21 bits per heavy atom. The Morgan fingerprint density at radius 3 is 2.62 bits per heavy atom. The number of ether oxygens (including phenoxy) is 1. The number of amides is 3. The van der Waals surface area contributed by atoms with Crippen LogP contribution in [0.4, 0.5) is 10.5 Å². The first-order valence-electron chi connectivity index (χ1n) is 9.92. The molecule has 0 atom stereocenters. The maximum atomic E-state index is 12.2. The third-order valence-corrected chi connectivity index (χ3v) is 4.83. The lowest BCUT2D eigenvalue weighted by atomic mass is 9.97. The molecule has 0 radical (unpaired) electrons. The molecule has 2 heterocycles. The van der Waals surface area contributed by atoms with Gasteiger partial charge < -0.3 is 24.7 Å². The highest BCUT2D eigenvalue weighted by Gasteiger charge is 2.22. The maximum Gasteiger partial charge on any atom is 0.319 e. The Bertz CT molecular complexity index is 807. The highest BCUT2D eigenvalue weighted by atomic mass is 16.5. The van der Waals surface area contributed by atoms with E-state index in [1.807, 2.05) is 36.1 Å². The second kappa shape index (κ2) is 10.4. The molecule has 3 rings (SSSR count). The van der Waals surface area contributed by atoms with Gasteiger partial charge in [-0.3, -0.25) is 4.79 Å². The van der Waals surface area contributed by atoms with Gasteiger partial charge in [0.1, 0.15) is 11.5 Å². The van der Waals surface area contributed by atoms with Gasteiger partial charge in [0.2, 0.25) is 5.91 Å². The van der Waals surface area contributed by atoms with Crippen molar-refractivity contribution in [3.05, 3.63) is 54.5 Å². The minimum absolute atomic E-state index is 0.0129. The molecule has 0 unspecified atom stereocenters. The Labute approximate surface area is 170 Å². The number of piperidine rings is 1. The molecule has 1 aromatic heterocycles. The molecule has 1 aliphatic heterocycles. The zero-order valence-corrected chi connectivity index (χ0v) is 16.6. The van der Waals surface area contributed by atoms with Crippen LogP contribution in [0.5, 0.6) is 5.75 Å². The second-order valence-electron chi connectivity index (χ2n) is 6.91. The Morgan fingerprint density at radius 2 is 1.97 bits per heavy atom. The minimum Gasteiger partial charge on any atom is -0.494 e. The van der Waals surface area contributed by atoms with E-state index in [2.05, 4.69) is 10.6 Å². The van der Waals surface area contributed by atoms with Gasteiger partial charge in [0.05, 0.1) is 12.9 Å². The zero-order valence-electron chi connectivity index (χ0n) is 16.6. The molecule has 1 aliphatic rings. The summed E-state index contributed by atoms with van der Waals surface area (Å²) in [7, 11) is 0. The SMILES string of the molecule is CCOc1ccc(NC(=O)NCC2CCN(C(=O)/C=C/c3ccco3)CC2)cc1. The number of urea groups is 1. The topological polar surface area (TPSA) is 83.8 Å². The van der Waals surface area contributed by atoms with Crippen LogP contribution >= 0.6 is 0 Å². The largest absolute Gasteiger partial charge is 0.494 e. The van der Waals surface area contributed by atoms with Gasteiger partial charge in [0.15, 0.2) is 0 Å². The monoisotopic (exact) mass is 397 g/mol. The molecule has 1 aromatic carbocycles. The van der Waals surface area contributed by atoms with Crippen LogP contribution in [-0.4, -0.2) is 43.1 Å². The lowest BCUT2D eigenvalue weighted by molar-refractivity contribution is -0.127. The van der Waals surface area contributed by atoms with Crippen LogP contribution in [0.15, 0.2) is 53.2 Å². The Balaban J connectivity index is 1.36. The third kappa shape index (κ3) is 6.41. The number of hydrogen-bond acceptors (Lipinski definition) is 4. The van der Waals surface area contributed by atoms with Crippen LogP contribution in [0.25, 0.3) is 6.08 Å². The molecular formula is C22H27N3O4. The van der Waals surface area contributed by atoms with E-state index in [0.29, 0.717) is 37.9 Å². The second-order valence-corrected chi connectivity index (χ2v) is 6.91. The predicted octanol–water partition coefficient (Wildman–Crippen LogP) is 3.75. The molecule has 7 heteroatoms. The fraction of sp³-hybridized carbons (Fsp3) is 0.364. The van der Waals surface area contributed by atoms with E-state index in [-0.39, 0.29) is 11.9 Å². The van der Waals surface area contributed by atoms with Crippen LogP contribution < -0.4 is 15.4 Å². The number of rotatable bonds is 7. The molecule has 0 spiro atoms. The summed E-state index contributed by atoms with van der Waals surface area (Å²) >= 11 is 0. The number of likely N-dealkylation sites (tertiary alicyclic amines) is 1. The average molecular weight is 397 g/mol. The van der Waals surface area contributed by atoms with E-state index >= 15 is 0 Å². The third-order valence-electron chi connectivity index (χ3n) is 4.83. The van der Waals surface area contributed by atoms with Gasteiger partial charge in [-0.25, -0.2) is 4.79 Å². The molecule has 0 bridgehead atoms. The normalized spacial score (nSPS) is 14.7. The zero-order chi connectivity index (χ0) is 20.5. The molecular weight excluding hydrogens is 370 g/mol. The quantitative estimate of drug-likeness (QED) is 0.697. The van der Waals surface area contributed by atoms with Gasteiger partial charge in [-0.1, -0.05) is 0 Å². The van der Waals surface area contributed by atoms with Crippen LogP contribution in [-0.2, 0) is 4.79 Å². The molecule has 2 N–H and O–H groups in total. The molecule has 0 aliphatic carbocycles. The summed E-state index contributed by atoms with van der Waals surface area (Å²) in [4.78, 5) is 26.2. The van der Waals surface area contributed by atoms with Crippen molar-refractivity contribution < 1.29 is 18.7 Å². The van der Waals surface area contributed by atoms with Crippen molar-refractivity contribution >= 4 is 23.7 Å². The van der Waals surface area contributed by atoms with Crippen LogP contribution in [0.3, 0.4) is 0 Å². The van der Waals surface area contributed by atoms with E-state index < -0.39 is 0 Å². The van der Waals surface area contributed by atoms with Gasteiger partial charge >= 0.3 is 6.03 Å². The van der Waals surface area contributed by atoms with E-state index in [4.69, 9.17) is 9.15 Å². The summed E-state index contributed by atoms with van der Waals surface area (Å²) in [5.41, 5.74) is 0.717. The standard InChI is InChI=1S/C22H27N3O4/c1-2-28-20-7-5-18(6-8-20)24-22(27)23-16-17-11-13-25(14-12-17)21(26)10-9-19-4-3-15-29-19/h3-10,15,17H,2,11-14,16H2,1H3,(H2,23,24,27)/b10-9+. The van der Waals surface area contributed by atoms with Crippen molar-refractivity contribution in [2.75, 3.05) is 31.6 Å². The van der Waals surface area contributed by atoms with Crippen LogP contribution in [0.2, 0.25) is 0 Å². The summed E-state index contributed by atoms with van der Waals surface area (Å²) in [5, 5.41) is 5.74. The summed E-state index contributed by atoms with van der Waals surface area (Å²) in [6.07, 6.45) is 6.53. The first-order chi connectivity index (χ1) is 14.1. The van der Waals surface area contributed by atoms with Gasteiger partial charge in [0.25, 0.3) is 0 Å².